The average Bonchev–Trinajstić information content (AvgIpc) is 3.24. The molecule has 0 aliphatic heterocycles. The molecule has 1 nitrogen and oxygen atoms in total. The molecule has 1 aliphatic carbocycles. The number of benzene rings is 4. The summed E-state index contributed by atoms with van der Waals surface area (Å²) in [5, 5.41) is 3.36. The first-order chi connectivity index (χ1) is 17.2. The molecule has 1 heterocycles. The first kappa shape index (κ1) is 24.6. The predicted molar refractivity (Wildman–Crippen MR) is 156 cm³/mol. The fourth-order valence-electron chi connectivity index (χ4n) is 4.70. The van der Waals surface area contributed by atoms with Gasteiger partial charge in [0.2, 0.25) is 0 Å². The zero-order valence-corrected chi connectivity index (χ0v) is 21.5. The molecule has 176 valence electrons. The topological polar surface area (TPSA) is 4.93 Å². The minimum Gasteiger partial charge on any atom is -0.313 e. The van der Waals surface area contributed by atoms with Crippen molar-refractivity contribution < 1.29 is 0 Å². The van der Waals surface area contributed by atoms with E-state index in [4.69, 9.17) is 11.6 Å². The van der Waals surface area contributed by atoms with Crippen LogP contribution in [-0.2, 0) is 6.42 Å². The van der Waals surface area contributed by atoms with Crippen molar-refractivity contribution in [3.63, 3.8) is 0 Å². The minimum atomic E-state index is 0.764. The second kappa shape index (κ2) is 11.3. The maximum atomic E-state index is 6.10. The molecule has 0 saturated heterocycles. The van der Waals surface area contributed by atoms with Gasteiger partial charge in [-0.15, -0.1) is 6.58 Å². The molecule has 4 aromatic carbocycles. The molecule has 0 unspecified atom stereocenters. The lowest BCUT2D eigenvalue weighted by Crippen LogP contribution is -2.04. The summed E-state index contributed by atoms with van der Waals surface area (Å²) in [6, 6.07) is 32.3. The summed E-state index contributed by atoms with van der Waals surface area (Å²) in [4.78, 5) is 0. The highest BCUT2D eigenvalue weighted by Crippen LogP contribution is 2.37. The van der Waals surface area contributed by atoms with Crippen molar-refractivity contribution in [1.82, 2.24) is 4.57 Å². The predicted octanol–water partition coefficient (Wildman–Crippen LogP) is 10.3. The van der Waals surface area contributed by atoms with Gasteiger partial charge in [0.1, 0.15) is 0 Å². The molecule has 0 spiro atoms. The Morgan fingerprint density at radius 2 is 1.37 bits per heavy atom. The van der Waals surface area contributed by atoms with Crippen LogP contribution in [0.2, 0.25) is 5.02 Å². The van der Waals surface area contributed by atoms with Crippen LogP contribution in [0.15, 0.2) is 104 Å². The highest BCUT2D eigenvalue weighted by atomic mass is 35.5. The van der Waals surface area contributed by atoms with Gasteiger partial charge >= 0.3 is 0 Å². The van der Waals surface area contributed by atoms with Crippen LogP contribution in [0.1, 0.15) is 38.3 Å². The van der Waals surface area contributed by atoms with Crippen molar-refractivity contribution in [2.45, 2.75) is 33.6 Å². The molecule has 0 fully saturated rings. The monoisotopic (exact) mass is 477 g/mol. The molecule has 35 heavy (non-hydrogen) atoms. The number of aryl methyl sites for hydroxylation is 1. The highest BCUT2D eigenvalue weighted by Gasteiger charge is 2.17. The van der Waals surface area contributed by atoms with Gasteiger partial charge in [-0.05, 0) is 72.4 Å². The third-order valence-electron chi connectivity index (χ3n) is 6.17. The second-order valence-electron chi connectivity index (χ2n) is 8.33. The van der Waals surface area contributed by atoms with Crippen LogP contribution in [0, 0.1) is 0 Å². The van der Waals surface area contributed by atoms with Gasteiger partial charge in [-0.25, -0.2) is 0 Å². The van der Waals surface area contributed by atoms with Crippen LogP contribution in [0.5, 0.6) is 0 Å². The molecule has 1 aromatic heterocycles. The van der Waals surface area contributed by atoms with E-state index in [1.54, 1.807) is 6.08 Å². The van der Waals surface area contributed by atoms with Crippen LogP contribution >= 0.6 is 11.6 Å². The summed E-state index contributed by atoms with van der Waals surface area (Å²) in [7, 11) is 0. The van der Waals surface area contributed by atoms with E-state index in [0.717, 1.165) is 17.9 Å². The Hall–Kier alpha value is -3.55. The smallest absolute Gasteiger partial charge is 0.0544 e. The van der Waals surface area contributed by atoms with Crippen molar-refractivity contribution in [1.29, 1.82) is 0 Å². The first-order valence-electron chi connectivity index (χ1n) is 12.3. The summed E-state index contributed by atoms with van der Waals surface area (Å²) in [6.45, 7) is 9.25. The van der Waals surface area contributed by atoms with E-state index in [2.05, 4.69) is 96.1 Å². The van der Waals surface area contributed by atoms with Crippen molar-refractivity contribution in [3.05, 3.63) is 120 Å². The highest BCUT2D eigenvalue weighted by molar-refractivity contribution is 6.30. The quantitative estimate of drug-likeness (QED) is 0.223. The van der Waals surface area contributed by atoms with E-state index >= 15 is 0 Å². The molecule has 1 aliphatic rings. The standard InChI is InChI=1S/C28H20ClN.C3H6.C2H6/c29-23-13-9-20(10-14-23)22-12-16-26-25-7-3-4-8-27(25)30(28(26)18-22)24-15-11-19-5-1-2-6-21(19)17-24;1-3-2;1-2/h1-10,12-14,16-18H,11,15H2;3H,1H2,2H3;1-2H3. The third kappa shape index (κ3) is 4.97. The van der Waals surface area contributed by atoms with Crippen LogP contribution in [0.4, 0.5) is 0 Å². The van der Waals surface area contributed by atoms with Gasteiger partial charge in [-0.3, -0.25) is 0 Å². The minimum absolute atomic E-state index is 0.764. The molecule has 6 rings (SSSR count). The van der Waals surface area contributed by atoms with Crippen molar-refractivity contribution in [3.8, 4) is 11.1 Å². The number of hydrogen-bond acceptors (Lipinski definition) is 0. The Morgan fingerprint density at radius 1 is 0.743 bits per heavy atom. The van der Waals surface area contributed by atoms with Gasteiger partial charge in [0, 0.05) is 21.5 Å². The lowest BCUT2D eigenvalue weighted by Gasteiger charge is -2.19. The van der Waals surface area contributed by atoms with E-state index in [0.29, 0.717) is 0 Å². The Balaban J connectivity index is 0.000000539. The van der Waals surface area contributed by atoms with Crippen LogP contribution in [-0.4, -0.2) is 4.57 Å². The third-order valence-corrected chi connectivity index (χ3v) is 6.42. The van der Waals surface area contributed by atoms with E-state index in [1.807, 2.05) is 32.9 Å². The average molecular weight is 478 g/mol. The number of rotatable bonds is 2. The Labute approximate surface area is 214 Å². The van der Waals surface area contributed by atoms with Gasteiger partial charge in [0.25, 0.3) is 0 Å². The fourth-order valence-corrected chi connectivity index (χ4v) is 4.82. The molecule has 5 aromatic rings. The van der Waals surface area contributed by atoms with Gasteiger partial charge in [0.15, 0.2) is 0 Å². The van der Waals surface area contributed by atoms with Gasteiger partial charge in [-0.2, -0.15) is 0 Å². The summed E-state index contributed by atoms with van der Waals surface area (Å²) in [6.07, 6.45) is 6.22. The maximum absolute atomic E-state index is 6.10. The van der Waals surface area contributed by atoms with Gasteiger partial charge in [-0.1, -0.05) is 98.3 Å². The van der Waals surface area contributed by atoms with Crippen LogP contribution in [0.25, 0.3) is 44.7 Å². The number of aromatic nitrogens is 1. The normalized spacial score (nSPS) is 12.1. The second-order valence-corrected chi connectivity index (χ2v) is 8.77. The van der Waals surface area contributed by atoms with Gasteiger partial charge in [0.05, 0.1) is 11.0 Å². The fraction of sp³-hybridized carbons (Fsp3) is 0.152. The SMILES string of the molecule is C=CC.CC.Clc1ccc(-c2ccc3c4ccccc4n(C4=Cc5ccccc5CC4)c3c2)cc1. The van der Waals surface area contributed by atoms with Crippen molar-refractivity contribution in [2.24, 2.45) is 0 Å². The molecule has 0 bridgehead atoms. The van der Waals surface area contributed by atoms with E-state index in [1.165, 1.54) is 49.8 Å². The molecule has 0 saturated carbocycles. The van der Waals surface area contributed by atoms with Crippen LogP contribution < -0.4 is 0 Å². The lowest BCUT2D eigenvalue weighted by molar-refractivity contribution is 0.947. The Kier molecular flexibility index (Phi) is 7.90. The maximum Gasteiger partial charge on any atom is 0.0544 e. The number of fused-ring (bicyclic) bond motifs is 4. The number of para-hydroxylation sites is 1. The molecule has 2 heteroatoms. The van der Waals surface area contributed by atoms with Crippen molar-refractivity contribution in [2.75, 3.05) is 0 Å². The largest absolute Gasteiger partial charge is 0.313 e. The summed E-state index contributed by atoms with van der Waals surface area (Å²) in [5.74, 6) is 0. The first-order valence-corrected chi connectivity index (χ1v) is 12.7. The molecule has 0 N–H and O–H groups in total. The van der Waals surface area contributed by atoms with E-state index < -0.39 is 0 Å². The number of allylic oxidation sites excluding steroid dienone is 2. The summed E-state index contributed by atoms with van der Waals surface area (Å²) in [5.41, 5.74) is 9.04. The molecule has 0 atom stereocenters. The number of nitrogens with zero attached hydrogens (tertiary/aromatic N) is 1. The number of hydrogen-bond donors (Lipinski definition) is 0. The number of halogens is 1. The molecular weight excluding hydrogens is 446 g/mol. The summed E-state index contributed by atoms with van der Waals surface area (Å²) >= 11 is 6.10. The molecule has 0 radical (unpaired) electrons. The van der Waals surface area contributed by atoms with Crippen LogP contribution in [0.3, 0.4) is 0 Å². The lowest BCUT2D eigenvalue weighted by atomic mass is 9.95. The van der Waals surface area contributed by atoms with E-state index in [9.17, 15) is 0 Å². The molecule has 0 amide bonds. The zero-order chi connectivity index (χ0) is 24.8. The molecular formula is C33H32ClN. The Morgan fingerprint density at radius 3 is 2.14 bits per heavy atom. The van der Waals surface area contributed by atoms with Crippen molar-refractivity contribution >= 4 is 45.2 Å². The summed E-state index contributed by atoms with van der Waals surface area (Å²) < 4.78 is 2.46. The van der Waals surface area contributed by atoms with Gasteiger partial charge < -0.3 is 4.57 Å². The Bertz CT molecular complexity index is 1490. The zero-order valence-electron chi connectivity index (χ0n) is 20.8. The van der Waals surface area contributed by atoms with E-state index in [-0.39, 0.29) is 0 Å².